The SMILES string of the molecule is O=C(O)CNC(=O)CN1C(=O)S/C(=C\c2cccc(O)c2)C1=O. The Balaban J connectivity index is 2.08. The summed E-state index contributed by atoms with van der Waals surface area (Å²) >= 11 is 0.669. The number of carboxylic acids is 1. The number of thioether (sulfide) groups is 1. The third-order valence-corrected chi connectivity index (χ3v) is 3.69. The molecular weight excluding hydrogens is 324 g/mol. The molecule has 1 heterocycles. The average molecular weight is 336 g/mol. The molecule has 0 atom stereocenters. The van der Waals surface area contributed by atoms with Crippen LogP contribution in [0, 0.1) is 0 Å². The molecule has 1 aliphatic rings. The van der Waals surface area contributed by atoms with Gasteiger partial charge < -0.3 is 15.5 Å². The van der Waals surface area contributed by atoms with E-state index in [2.05, 4.69) is 5.32 Å². The van der Waals surface area contributed by atoms with E-state index >= 15 is 0 Å². The summed E-state index contributed by atoms with van der Waals surface area (Å²) in [5, 5.41) is 19.3. The number of carboxylic acid groups (broad SMARTS) is 1. The number of phenols is 1. The summed E-state index contributed by atoms with van der Waals surface area (Å²) in [5.74, 6) is -2.59. The predicted molar refractivity (Wildman–Crippen MR) is 81.4 cm³/mol. The van der Waals surface area contributed by atoms with Crippen molar-refractivity contribution < 1.29 is 29.4 Å². The van der Waals surface area contributed by atoms with Gasteiger partial charge in [0.1, 0.15) is 18.8 Å². The van der Waals surface area contributed by atoms with Gasteiger partial charge in [-0.25, -0.2) is 0 Å². The lowest BCUT2D eigenvalue weighted by Crippen LogP contribution is -2.41. The fourth-order valence-corrected chi connectivity index (χ4v) is 2.61. The molecule has 2 rings (SSSR count). The maximum atomic E-state index is 12.1. The summed E-state index contributed by atoms with van der Waals surface area (Å²) in [7, 11) is 0. The van der Waals surface area contributed by atoms with Crippen molar-refractivity contribution in [2.75, 3.05) is 13.1 Å². The van der Waals surface area contributed by atoms with Crippen LogP contribution in [0.15, 0.2) is 29.2 Å². The van der Waals surface area contributed by atoms with Gasteiger partial charge in [-0.3, -0.25) is 24.1 Å². The van der Waals surface area contributed by atoms with E-state index in [1.165, 1.54) is 18.2 Å². The smallest absolute Gasteiger partial charge is 0.322 e. The largest absolute Gasteiger partial charge is 0.508 e. The quantitative estimate of drug-likeness (QED) is 0.674. The third-order valence-electron chi connectivity index (χ3n) is 2.78. The summed E-state index contributed by atoms with van der Waals surface area (Å²) in [6, 6.07) is 6.13. The predicted octanol–water partition coefficient (Wildman–Crippen LogP) is 0.629. The van der Waals surface area contributed by atoms with Gasteiger partial charge in [-0.2, -0.15) is 0 Å². The zero-order chi connectivity index (χ0) is 17.0. The minimum Gasteiger partial charge on any atom is -0.508 e. The van der Waals surface area contributed by atoms with Gasteiger partial charge in [-0.05, 0) is 35.5 Å². The van der Waals surface area contributed by atoms with Crippen molar-refractivity contribution in [1.82, 2.24) is 10.2 Å². The molecule has 9 heteroatoms. The number of nitrogens with zero attached hydrogens (tertiary/aromatic N) is 1. The van der Waals surface area contributed by atoms with E-state index in [9.17, 15) is 24.3 Å². The molecule has 0 spiro atoms. The molecular formula is C14H12N2O6S. The molecule has 23 heavy (non-hydrogen) atoms. The van der Waals surface area contributed by atoms with E-state index in [1.807, 2.05) is 0 Å². The van der Waals surface area contributed by atoms with Crippen molar-refractivity contribution in [3.05, 3.63) is 34.7 Å². The summed E-state index contributed by atoms with van der Waals surface area (Å²) < 4.78 is 0. The summed E-state index contributed by atoms with van der Waals surface area (Å²) in [6.45, 7) is -1.14. The minimum atomic E-state index is -1.23. The number of imide groups is 1. The molecule has 120 valence electrons. The monoisotopic (exact) mass is 336 g/mol. The molecule has 1 aromatic rings. The number of benzene rings is 1. The molecule has 0 aromatic heterocycles. The Bertz CT molecular complexity index is 715. The number of aromatic hydroxyl groups is 1. The molecule has 0 saturated carbocycles. The van der Waals surface area contributed by atoms with E-state index in [4.69, 9.17) is 5.11 Å². The first-order valence-electron chi connectivity index (χ1n) is 6.39. The van der Waals surface area contributed by atoms with Gasteiger partial charge in [0.05, 0.1) is 4.91 Å². The number of nitrogens with one attached hydrogen (secondary N) is 1. The summed E-state index contributed by atoms with van der Waals surface area (Å²) in [6.07, 6.45) is 1.43. The number of amides is 3. The van der Waals surface area contributed by atoms with Crippen molar-refractivity contribution >= 4 is 40.9 Å². The molecule has 0 unspecified atom stereocenters. The molecule has 8 nitrogen and oxygen atoms in total. The van der Waals surface area contributed by atoms with Crippen LogP contribution in [0.4, 0.5) is 4.79 Å². The molecule has 1 saturated heterocycles. The summed E-state index contributed by atoms with van der Waals surface area (Å²) in [5.41, 5.74) is 0.533. The Morgan fingerprint density at radius 3 is 2.70 bits per heavy atom. The van der Waals surface area contributed by atoms with Crippen LogP contribution < -0.4 is 5.32 Å². The van der Waals surface area contributed by atoms with Gasteiger partial charge >= 0.3 is 5.97 Å². The Morgan fingerprint density at radius 2 is 2.04 bits per heavy atom. The number of hydrogen-bond acceptors (Lipinski definition) is 6. The van der Waals surface area contributed by atoms with E-state index < -0.39 is 36.1 Å². The fraction of sp³-hybridized carbons (Fsp3) is 0.143. The topological polar surface area (TPSA) is 124 Å². The van der Waals surface area contributed by atoms with Crippen LogP contribution in [0.25, 0.3) is 6.08 Å². The van der Waals surface area contributed by atoms with Crippen LogP contribution in [-0.2, 0) is 14.4 Å². The Labute approximate surface area is 134 Å². The first-order chi connectivity index (χ1) is 10.9. The number of aliphatic carboxylic acids is 1. The highest BCUT2D eigenvalue weighted by Gasteiger charge is 2.36. The standard InChI is InChI=1S/C14H12N2O6S/c17-9-3-1-2-8(4-9)5-10-13(21)16(14(22)23-10)7-11(18)15-6-12(19)20/h1-5,17H,6-7H2,(H,15,18)(H,19,20)/b10-5-. The maximum Gasteiger partial charge on any atom is 0.322 e. The van der Waals surface area contributed by atoms with E-state index in [1.54, 1.807) is 12.1 Å². The number of hydrogen-bond donors (Lipinski definition) is 3. The summed E-state index contributed by atoms with van der Waals surface area (Å²) in [4.78, 5) is 46.7. The second kappa shape index (κ2) is 6.97. The Kier molecular flexibility index (Phi) is 5.02. The number of phenolic OH excluding ortho intramolecular Hbond substituents is 1. The average Bonchev–Trinajstić information content (AvgIpc) is 2.73. The van der Waals surface area contributed by atoms with Crippen molar-refractivity contribution in [3.63, 3.8) is 0 Å². The van der Waals surface area contributed by atoms with Crippen LogP contribution in [0.2, 0.25) is 0 Å². The molecule has 3 N–H and O–H groups in total. The lowest BCUT2D eigenvalue weighted by Gasteiger charge is -2.11. The molecule has 0 bridgehead atoms. The van der Waals surface area contributed by atoms with Crippen molar-refractivity contribution in [1.29, 1.82) is 0 Å². The van der Waals surface area contributed by atoms with Gasteiger partial charge in [-0.15, -0.1) is 0 Å². The highest BCUT2D eigenvalue weighted by molar-refractivity contribution is 8.18. The van der Waals surface area contributed by atoms with Crippen LogP contribution in [0.5, 0.6) is 5.75 Å². The molecule has 1 fully saturated rings. The lowest BCUT2D eigenvalue weighted by molar-refractivity contribution is -0.138. The molecule has 3 amide bonds. The minimum absolute atomic E-state index is 0.0195. The van der Waals surface area contributed by atoms with Gasteiger partial charge in [0.2, 0.25) is 5.91 Å². The van der Waals surface area contributed by atoms with E-state index in [0.717, 1.165) is 4.90 Å². The van der Waals surface area contributed by atoms with Gasteiger partial charge in [0.15, 0.2) is 0 Å². The van der Waals surface area contributed by atoms with E-state index in [0.29, 0.717) is 17.3 Å². The molecule has 0 radical (unpaired) electrons. The zero-order valence-electron chi connectivity index (χ0n) is 11.7. The number of rotatable bonds is 5. The van der Waals surface area contributed by atoms with Crippen molar-refractivity contribution in [2.24, 2.45) is 0 Å². The number of carbonyl (C=O) groups is 4. The molecule has 0 aliphatic carbocycles. The highest BCUT2D eigenvalue weighted by atomic mass is 32.2. The maximum absolute atomic E-state index is 12.1. The zero-order valence-corrected chi connectivity index (χ0v) is 12.5. The third kappa shape index (κ3) is 4.33. The normalized spacial score (nSPS) is 16.0. The van der Waals surface area contributed by atoms with Crippen LogP contribution >= 0.6 is 11.8 Å². The second-order valence-corrected chi connectivity index (χ2v) is 5.53. The fourth-order valence-electron chi connectivity index (χ4n) is 1.78. The molecule has 1 aliphatic heterocycles. The Hall–Kier alpha value is -2.81. The van der Waals surface area contributed by atoms with Gasteiger partial charge in [-0.1, -0.05) is 12.1 Å². The van der Waals surface area contributed by atoms with Gasteiger partial charge in [0, 0.05) is 0 Å². The van der Waals surface area contributed by atoms with Gasteiger partial charge in [0.25, 0.3) is 11.1 Å². The molecule has 1 aromatic carbocycles. The van der Waals surface area contributed by atoms with Crippen molar-refractivity contribution in [3.8, 4) is 5.75 Å². The van der Waals surface area contributed by atoms with Crippen molar-refractivity contribution in [2.45, 2.75) is 0 Å². The second-order valence-electron chi connectivity index (χ2n) is 4.53. The Morgan fingerprint density at radius 1 is 1.30 bits per heavy atom. The lowest BCUT2D eigenvalue weighted by atomic mass is 10.2. The highest BCUT2D eigenvalue weighted by Crippen LogP contribution is 2.32. The first kappa shape index (κ1) is 16.6. The van der Waals surface area contributed by atoms with Crippen LogP contribution in [0.1, 0.15) is 5.56 Å². The van der Waals surface area contributed by atoms with Crippen LogP contribution in [0.3, 0.4) is 0 Å². The number of carbonyl (C=O) groups excluding carboxylic acids is 3. The first-order valence-corrected chi connectivity index (χ1v) is 7.21. The van der Waals surface area contributed by atoms with Crippen LogP contribution in [-0.4, -0.2) is 51.2 Å². The van der Waals surface area contributed by atoms with E-state index in [-0.39, 0.29) is 10.7 Å².